The highest BCUT2D eigenvalue weighted by atomic mass is 15.1. The largest absolute Gasteiger partial charge is 0.399 e. The summed E-state index contributed by atoms with van der Waals surface area (Å²) in [4.78, 5) is 12.6. The summed E-state index contributed by atoms with van der Waals surface area (Å²) in [7, 11) is 15.2. The standard InChI is InChI=1S/C28H20B2N8/c1-4-21-24-23(26(38(21)30)17(14-32)28-35-20-11-7-8-12-22(20)36(28)3)15(2)37(29)25(24)16(13-31)27-33-18-9-5-6-10-19(18)34-27/h5-12H,4H2,1-3H3,(H,33,34)/b25-16-,26-17-. The second-order valence-electron chi connectivity index (χ2n) is 9.13. The second kappa shape index (κ2) is 8.57. The number of hydrogen-bond donors (Lipinski definition) is 1. The minimum atomic E-state index is 0.287. The molecule has 0 aliphatic carbocycles. The average Bonchev–Trinajstić information content (AvgIpc) is 3.64. The van der Waals surface area contributed by atoms with Gasteiger partial charge in [-0.05, 0) is 37.6 Å². The summed E-state index contributed by atoms with van der Waals surface area (Å²) >= 11 is 0. The van der Waals surface area contributed by atoms with Crippen molar-refractivity contribution in [1.29, 1.82) is 10.5 Å². The molecule has 10 heteroatoms. The molecule has 178 valence electrons. The number of imidazole rings is 2. The number of para-hydroxylation sites is 4. The van der Waals surface area contributed by atoms with Crippen LogP contribution in [0.1, 0.15) is 30.0 Å². The van der Waals surface area contributed by atoms with Gasteiger partial charge in [0.15, 0.2) is 11.6 Å². The fraction of sp³-hybridized carbons (Fsp3) is 0.143. The summed E-state index contributed by atoms with van der Waals surface area (Å²) in [5.41, 5.74) is 5.25. The zero-order valence-electron chi connectivity index (χ0n) is 21.1. The Morgan fingerprint density at radius 3 is 2.21 bits per heavy atom. The third kappa shape index (κ3) is 3.10. The highest BCUT2D eigenvalue weighted by Gasteiger charge is 2.24. The van der Waals surface area contributed by atoms with Crippen LogP contribution in [0.4, 0.5) is 0 Å². The van der Waals surface area contributed by atoms with Gasteiger partial charge >= 0.3 is 0 Å². The Morgan fingerprint density at radius 2 is 1.55 bits per heavy atom. The maximum Gasteiger partial charge on any atom is 0.234 e. The molecule has 0 bridgehead atoms. The smallest absolute Gasteiger partial charge is 0.234 e. The Morgan fingerprint density at radius 1 is 0.895 bits per heavy atom. The normalized spacial score (nSPS) is 13.2. The van der Waals surface area contributed by atoms with E-state index in [9.17, 15) is 10.5 Å². The van der Waals surface area contributed by atoms with Crippen LogP contribution in [0.3, 0.4) is 0 Å². The van der Waals surface area contributed by atoms with E-state index in [1.54, 1.807) is 0 Å². The van der Waals surface area contributed by atoms with Crippen LogP contribution >= 0.6 is 0 Å². The van der Waals surface area contributed by atoms with E-state index in [-0.39, 0.29) is 5.57 Å². The Hall–Kier alpha value is -4.95. The third-order valence-electron chi connectivity index (χ3n) is 7.18. The minimum absolute atomic E-state index is 0.287. The molecule has 8 nitrogen and oxygen atoms in total. The Bertz CT molecular complexity index is 2110. The Balaban J connectivity index is 1.82. The van der Waals surface area contributed by atoms with Crippen molar-refractivity contribution in [3.8, 4) is 12.1 Å². The van der Waals surface area contributed by atoms with Gasteiger partial charge in [-0.15, -0.1) is 0 Å². The second-order valence-corrected chi connectivity index (χ2v) is 9.13. The number of nitriles is 2. The molecule has 2 aromatic carbocycles. The molecule has 0 atom stereocenters. The first-order valence-corrected chi connectivity index (χ1v) is 12.1. The molecule has 0 saturated heterocycles. The van der Waals surface area contributed by atoms with Crippen molar-refractivity contribution < 1.29 is 0 Å². The molecular weight excluding hydrogens is 470 g/mol. The van der Waals surface area contributed by atoms with Gasteiger partial charge in [0.1, 0.15) is 23.3 Å². The highest BCUT2D eigenvalue weighted by molar-refractivity contribution is 6.15. The molecule has 4 aromatic heterocycles. The number of hydrogen-bond acceptors (Lipinski definition) is 4. The molecule has 0 amide bonds. The summed E-state index contributed by atoms with van der Waals surface area (Å²) in [6.07, 6.45) is 0.545. The summed E-state index contributed by atoms with van der Waals surface area (Å²) in [6.45, 7) is 3.83. The quantitative estimate of drug-likeness (QED) is 0.385. The van der Waals surface area contributed by atoms with Crippen LogP contribution in [-0.4, -0.2) is 44.4 Å². The number of aromatic nitrogens is 6. The Labute approximate surface area is 220 Å². The summed E-state index contributed by atoms with van der Waals surface area (Å²) < 4.78 is 4.91. The van der Waals surface area contributed by atoms with Gasteiger partial charge in [-0.3, -0.25) is 0 Å². The maximum absolute atomic E-state index is 10.4. The number of nitrogens with one attached hydrogen (secondary N) is 1. The lowest BCUT2D eigenvalue weighted by Gasteiger charge is -2.07. The van der Waals surface area contributed by atoms with Crippen LogP contribution < -0.4 is 10.7 Å². The summed E-state index contributed by atoms with van der Waals surface area (Å²) in [6, 6.07) is 19.9. The summed E-state index contributed by atoms with van der Waals surface area (Å²) in [5, 5.41) is 23.1. The Kier molecular flexibility index (Phi) is 5.29. The first-order chi connectivity index (χ1) is 18.4. The fourth-order valence-electron chi connectivity index (χ4n) is 5.36. The van der Waals surface area contributed by atoms with Gasteiger partial charge < -0.3 is 18.5 Å². The van der Waals surface area contributed by atoms with Crippen molar-refractivity contribution in [3.05, 3.63) is 82.3 Å². The van der Waals surface area contributed by atoms with E-state index >= 15 is 0 Å². The zero-order chi connectivity index (χ0) is 26.7. The number of H-pyrrole nitrogens is 1. The molecule has 0 unspecified atom stereocenters. The van der Waals surface area contributed by atoms with Gasteiger partial charge in [0, 0.05) is 29.2 Å². The highest BCUT2D eigenvalue weighted by Crippen LogP contribution is 2.24. The lowest BCUT2D eigenvalue weighted by atomic mass is 10.1. The molecule has 4 heterocycles. The zero-order valence-corrected chi connectivity index (χ0v) is 21.1. The lowest BCUT2D eigenvalue weighted by Crippen LogP contribution is -2.25. The molecule has 4 radical (unpaired) electrons. The average molecular weight is 490 g/mol. The topological polar surface area (TPSA) is 104 Å². The van der Waals surface area contributed by atoms with Crippen LogP contribution in [0.2, 0.25) is 0 Å². The van der Waals surface area contributed by atoms with E-state index in [4.69, 9.17) is 20.9 Å². The van der Waals surface area contributed by atoms with Crippen molar-refractivity contribution in [2.45, 2.75) is 20.3 Å². The predicted octanol–water partition coefficient (Wildman–Crippen LogP) is 2.38. The molecule has 1 N–H and O–H groups in total. The first-order valence-electron chi connectivity index (χ1n) is 12.1. The fourth-order valence-corrected chi connectivity index (χ4v) is 5.36. The van der Waals surface area contributed by atoms with E-state index in [1.807, 2.05) is 74.0 Å². The van der Waals surface area contributed by atoms with E-state index in [0.29, 0.717) is 50.8 Å². The molecule has 6 aromatic rings. The number of benzene rings is 2. The van der Waals surface area contributed by atoms with Crippen molar-refractivity contribution in [3.63, 3.8) is 0 Å². The first kappa shape index (κ1) is 23.4. The van der Waals surface area contributed by atoms with Crippen molar-refractivity contribution in [1.82, 2.24) is 28.5 Å². The molecule has 0 saturated carbocycles. The van der Waals surface area contributed by atoms with Crippen molar-refractivity contribution in [2.75, 3.05) is 0 Å². The molecule has 38 heavy (non-hydrogen) atoms. The van der Waals surface area contributed by atoms with Crippen LogP contribution in [0.25, 0.3) is 44.0 Å². The predicted molar refractivity (Wildman–Crippen MR) is 149 cm³/mol. The van der Waals surface area contributed by atoms with E-state index in [2.05, 4.69) is 22.1 Å². The van der Waals surface area contributed by atoms with Crippen molar-refractivity contribution >= 4 is 59.9 Å². The van der Waals surface area contributed by atoms with E-state index in [1.165, 1.54) is 8.96 Å². The van der Waals surface area contributed by atoms with Crippen LogP contribution in [-0.2, 0) is 13.5 Å². The monoisotopic (exact) mass is 490 g/mol. The minimum Gasteiger partial charge on any atom is -0.399 e. The van der Waals surface area contributed by atoms with Crippen molar-refractivity contribution in [2.24, 2.45) is 7.05 Å². The van der Waals surface area contributed by atoms with Crippen LogP contribution in [0.5, 0.6) is 0 Å². The number of rotatable bonds is 3. The third-order valence-corrected chi connectivity index (χ3v) is 7.18. The van der Waals surface area contributed by atoms with Crippen LogP contribution in [0.15, 0.2) is 48.5 Å². The van der Waals surface area contributed by atoms with Crippen LogP contribution in [0, 0.1) is 29.6 Å². The van der Waals surface area contributed by atoms with Gasteiger partial charge in [0.25, 0.3) is 0 Å². The van der Waals surface area contributed by atoms with E-state index < -0.39 is 0 Å². The van der Waals surface area contributed by atoms with Gasteiger partial charge in [-0.1, -0.05) is 31.2 Å². The number of fused-ring (bicyclic) bond motifs is 3. The lowest BCUT2D eigenvalue weighted by molar-refractivity contribution is 0.918. The number of aryl methyl sites for hydroxylation is 3. The summed E-state index contributed by atoms with van der Waals surface area (Å²) in [5.74, 6) is 0.906. The van der Waals surface area contributed by atoms with Gasteiger partial charge in [0.2, 0.25) is 16.0 Å². The van der Waals surface area contributed by atoms with Gasteiger partial charge in [-0.2, -0.15) is 10.5 Å². The number of aromatic amines is 1. The molecule has 0 aliphatic heterocycles. The number of nitrogens with zero attached hydrogens (tertiary/aromatic N) is 7. The van der Waals surface area contributed by atoms with E-state index in [0.717, 1.165) is 27.8 Å². The SMILES string of the molecule is [B]n1c(C)c2/c(=C(\C#N)c3nc4ccccc4n3C)n([B])c(CC)c2/c1=C(\C#N)c1nc2ccccc2[nH]1. The maximum atomic E-state index is 10.4. The molecule has 0 fully saturated rings. The molecule has 0 aliphatic rings. The van der Waals surface area contributed by atoms with Gasteiger partial charge in [0.05, 0.1) is 32.8 Å². The molecule has 0 spiro atoms. The molecule has 6 rings (SSSR count). The molecular formula is C28H20B2N8. The van der Waals surface area contributed by atoms with Gasteiger partial charge in [-0.25, -0.2) is 9.97 Å².